The first kappa shape index (κ1) is 33.8. The van der Waals surface area contributed by atoms with Crippen molar-refractivity contribution in [3.63, 3.8) is 0 Å². The highest BCUT2D eigenvalue weighted by atomic mass is 14.4. The minimum absolute atomic E-state index is 0.0891. The first-order valence-corrected chi connectivity index (χ1v) is 20.7. The molecule has 1 aliphatic rings. The Morgan fingerprint density at radius 1 is 0.254 bits per heavy atom. The van der Waals surface area contributed by atoms with Gasteiger partial charge in [0, 0.05) is 5.41 Å². The highest BCUT2D eigenvalue weighted by molar-refractivity contribution is 6.29. The van der Waals surface area contributed by atoms with Crippen molar-refractivity contribution in [2.24, 2.45) is 0 Å². The summed E-state index contributed by atoms with van der Waals surface area (Å²) in [4.78, 5) is 0. The molecule has 12 rings (SSSR count). The summed E-state index contributed by atoms with van der Waals surface area (Å²) >= 11 is 0. The minimum Gasteiger partial charge on any atom is -0.0622 e. The first-order chi connectivity index (χ1) is 29.0. The van der Waals surface area contributed by atoms with Crippen molar-refractivity contribution in [3.05, 3.63) is 217 Å². The molecule has 0 fully saturated rings. The van der Waals surface area contributed by atoms with Crippen LogP contribution < -0.4 is 0 Å². The third kappa shape index (κ3) is 5.30. The number of fused-ring (bicyclic) bond motifs is 11. The molecule has 0 saturated carbocycles. The molecule has 0 spiro atoms. The number of hydrogen-bond acceptors (Lipinski definition) is 0. The molecule has 0 aliphatic heterocycles. The van der Waals surface area contributed by atoms with Gasteiger partial charge in [-0.2, -0.15) is 0 Å². The highest BCUT2D eigenvalue weighted by Gasteiger charge is 2.36. The van der Waals surface area contributed by atoms with Crippen LogP contribution in [0.25, 0.3) is 109 Å². The van der Waals surface area contributed by atoms with Gasteiger partial charge in [0.1, 0.15) is 0 Å². The second-order valence-corrected chi connectivity index (χ2v) is 16.9. The Morgan fingerprint density at radius 3 is 1.44 bits per heavy atom. The van der Waals surface area contributed by atoms with E-state index in [-0.39, 0.29) is 5.41 Å². The zero-order valence-electron chi connectivity index (χ0n) is 33.1. The van der Waals surface area contributed by atoms with Crippen LogP contribution in [0, 0.1) is 0 Å². The van der Waals surface area contributed by atoms with Gasteiger partial charge in [0.25, 0.3) is 0 Å². The molecule has 0 heterocycles. The predicted molar refractivity (Wildman–Crippen MR) is 253 cm³/mol. The number of rotatable bonds is 4. The summed E-state index contributed by atoms with van der Waals surface area (Å²) in [5, 5.41) is 12.8. The van der Waals surface area contributed by atoms with Crippen LogP contribution in [0.5, 0.6) is 0 Å². The van der Waals surface area contributed by atoms with Crippen LogP contribution in [-0.2, 0) is 5.41 Å². The van der Waals surface area contributed by atoms with Gasteiger partial charge >= 0.3 is 0 Å². The molecule has 0 unspecified atom stereocenters. The average Bonchev–Trinajstić information content (AvgIpc) is 3.52. The van der Waals surface area contributed by atoms with E-state index in [1.54, 1.807) is 0 Å². The second kappa shape index (κ2) is 12.9. The van der Waals surface area contributed by atoms with Crippen molar-refractivity contribution in [1.82, 2.24) is 0 Å². The molecule has 59 heavy (non-hydrogen) atoms. The van der Waals surface area contributed by atoms with Gasteiger partial charge in [0.2, 0.25) is 0 Å². The Hall–Kier alpha value is -7.28. The van der Waals surface area contributed by atoms with Crippen LogP contribution in [0.4, 0.5) is 0 Å². The Balaban J connectivity index is 0.897. The molecule has 0 amide bonds. The van der Waals surface area contributed by atoms with Gasteiger partial charge in [-0.15, -0.1) is 0 Å². The lowest BCUT2D eigenvalue weighted by Gasteiger charge is -2.22. The largest absolute Gasteiger partial charge is 0.0622 e. The fraction of sp³-hybridized carbons (Fsp3) is 0.0508. The SMILES string of the molecule is CC1(C)c2cc(-c3ccccc3)ccc2-c2ccc(-c3ccc4cc(-c5cccc(-c6cc7ccc8ccc9ccccc9c8c7c7ccccc67)c5)ccc4c3)cc21. The van der Waals surface area contributed by atoms with Crippen LogP contribution >= 0.6 is 0 Å². The van der Waals surface area contributed by atoms with Crippen molar-refractivity contribution in [2.75, 3.05) is 0 Å². The van der Waals surface area contributed by atoms with Gasteiger partial charge < -0.3 is 0 Å². The monoisotopic (exact) mass is 748 g/mol. The summed E-state index contributed by atoms with van der Waals surface area (Å²) < 4.78 is 0. The standard InChI is InChI=1S/C59H40/c1-59(2)55-35-45(37-11-4-3-5-12-37)27-29-51(55)52-30-28-46(36-56(52)59)44-25-24-42-31-41(22-23-43(42)32-44)40-14-10-15-47(33-40)54-34-48-26-21-39-20-19-38-13-6-7-16-49(38)57(39)58(48)53-18-9-8-17-50(53)54/h3-36H,1-2H3. The summed E-state index contributed by atoms with van der Waals surface area (Å²) in [5.41, 5.74) is 15.4. The molecule has 0 bridgehead atoms. The fourth-order valence-electron chi connectivity index (χ4n) is 10.1. The van der Waals surface area contributed by atoms with Crippen molar-refractivity contribution in [2.45, 2.75) is 19.3 Å². The molecule has 0 heteroatoms. The normalized spacial score (nSPS) is 13.1. The summed E-state index contributed by atoms with van der Waals surface area (Å²) in [6.07, 6.45) is 0. The molecule has 276 valence electrons. The first-order valence-electron chi connectivity index (χ1n) is 20.7. The lowest BCUT2D eigenvalue weighted by Crippen LogP contribution is -2.15. The van der Waals surface area contributed by atoms with E-state index in [0.29, 0.717) is 0 Å². The molecule has 0 nitrogen and oxygen atoms in total. The lowest BCUT2D eigenvalue weighted by atomic mass is 9.81. The maximum Gasteiger partial charge on any atom is 0.0159 e. The fourth-order valence-corrected chi connectivity index (χ4v) is 10.1. The van der Waals surface area contributed by atoms with E-state index >= 15 is 0 Å². The zero-order valence-corrected chi connectivity index (χ0v) is 33.1. The van der Waals surface area contributed by atoms with Crippen molar-refractivity contribution in [1.29, 1.82) is 0 Å². The maximum atomic E-state index is 2.43. The molecule has 0 radical (unpaired) electrons. The van der Waals surface area contributed by atoms with E-state index in [9.17, 15) is 0 Å². The third-order valence-corrected chi connectivity index (χ3v) is 13.2. The second-order valence-electron chi connectivity index (χ2n) is 16.9. The number of hydrogen-bond donors (Lipinski definition) is 0. The maximum absolute atomic E-state index is 2.43. The quantitative estimate of drug-likeness (QED) is 0.157. The molecular weight excluding hydrogens is 709 g/mol. The van der Waals surface area contributed by atoms with Crippen LogP contribution in [0.3, 0.4) is 0 Å². The van der Waals surface area contributed by atoms with Crippen LogP contribution in [-0.4, -0.2) is 0 Å². The van der Waals surface area contributed by atoms with Gasteiger partial charge in [0.05, 0.1) is 0 Å². The van der Waals surface area contributed by atoms with Gasteiger partial charge in [-0.05, 0) is 157 Å². The Bertz CT molecular complexity index is 3510. The van der Waals surface area contributed by atoms with Gasteiger partial charge in [-0.3, -0.25) is 0 Å². The molecule has 1 aliphatic carbocycles. The predicted octanol–water partition coefficient (Wildman–Crippen LogP) is 16.4. The topological polar surface area (TPSA) is 0 Å². The molecule has 0 N–H and O–H groups in total. The highest BCUT2D eigenvalue weighted by Crippen LogP contribution is 2.51. The lowest BCUT2D eigenvalue weighted by molar-refractivity contribution is 0.661. The van der Waals surface area contributed by atoms with Crippen LogP contribution in [0.2, 0.25) is 0 Å². The van der Waals surface area contributed by atoms with Gasteiger partial charge in [0.15, 0.2) is 0 Å². The Kier molecular flexibility index (Phi) is 7.38. The van der Waals surface area contributed by atoms with E-state index < -0.39 is 0 Å². The van der Waals surface area contributed by atoms with E-state index in [0.717, 1.165) is 0 Å². The molecule has 0 aromatic heterocycles. The molecule has 0 saturated heterocycles. The number of benzene rings is 11. The van der Waals surface area contributed by atoms with Crippen LogP contribution in [0.15, 0.2) is 206 Å². The van der Waals surface area contributed by atoms with E-state index in [1.165, 1.54) is 121 Å². The van der Waals surface area contributed by atoms with Crippen molar-refractivity contribution < 1.29 is 0 Å². The van der Waals surface area contributed by atoms with E-state index in [2.05, 4.69) is 220 Å². The average molecular weight is 749 g/mol. The molecule has 11 aromatic carbocycles. The zero-order chi connectivity index (χ0) is 39.2. The molecule has 11 aromatic rings. The summed E-state index contributed by atoms with van der Waals surface area (Å²) in [6.45, 7) is 4.75. The Morgan fingerprint density at radius 2 is 0.729 bits per heavy atom. The molecule has 0 atom stereocenters. The summed E-state index contributed by atoms with van der Waals surface area (Å²) in [6, 6.07) is 76.9. The van der Waals surface area contributed by atoms with Crippen molar-refractivity contribution >= 4 is 53.9 Å². The molecular formula is C59H40. The smallest absolute Gasteiger partial charge is 0.0159 e. The van der Waals surface area contributed by atoms with Gasteiger partial charge in [-0.1, -0.05) is 184 Å². The van der Waals surface area contributed by atoms with E-state index in [4.69, 9.17) is 0 Å². The van der Waals surface area contributed by atoms with Gasteiger partial charge in [-0.25, -0.2) is 0 Å². The Labute approximate surface area is 344 Å². The summed E-state index contributed by atoms with van der Waals surface area (Å²) in [5.74, 6) is 0. The minimum atomic E-state index is -0.0891. The van der Waals surface area contributed by atoms with Crippen LogP contribution in [0.1, 0.15) is 25.0 Å². The third-order valence-electron chi connectivity index (χ3n) is 13.2. The summed E-state index contributed by atoms with van der Waals surface area (Å²) in [7, 11) is 0. The van der Waals surface area contributed by atoms with Crippen molar-refractivity contribution in [3.8, 4) is 55.6 Å². The van der Waals surface area contributed by atoms with E-state index in [1.807, 2.05) is 0 Å².